The van der Waals surface area contributed by atoms with Gasteiger partial charge in [0.15, 0.2) is 23.0 Å². The molecule has 0 fully saturated rings. The van der Waals surface area contributed by atoms with Gasteiger partial charge in [-0.1, -0.05) is 113 Å². The Morgan fingerprint density at radius 1 is 0.509 bits per heavy atom. The van der Waals surface area contributed by atoms with Gasteiger partial charge in [-0.25, -0.2) is 9.59 Å². The molecule has 0 aliphatic carbocycles. The predicted octanol–water partition coefficient (Wildman–Crippen LogP) is 11.3. The quantitative estimate of drug-likeness (QED) is 0.0505. The second kappa shape index (κ2) is 21.3. The van der Waals surface area contributed by atoms with Crippen molar-refractivity contribution < 1.29 is 42.4 Å². The molecule has 0 bridgehead atoms. The summed E-state index contributed by atoms with van der Waals surface area (Å²) in [4.78, 5) is 28.3. The zero-order valence-electron chi connectivity index (χ0n) is 32.4. The number of hydrogen-bond donors (Lipinski definition) is 0. The minimum absolute atomic E-state index is 0.0209. The van der Waals surface area contributed by atoms with Gasteiger partial charge in [0.2, 0.25) is 0 Å². The fraction of sp³-hybridized carbons (Fsp3) is 0.348. The largest absolute Gasteiger partial charge is 0.493 e. The summed E-state index contributed by atoms with van der Waals surface area (Å²) in [7, 11) is 3.09. The van der Waals surface area contributed by atoms with E-state index in [1.165, 1.54) is 0 Å². The van der Waals surface area contributed by atoms with E-state index in [2.05, 4.69) is 13.8 Å². The van der Waals surface area contributed by atoms with E-state index in [1.54, 1.807) is 50.6 Å². The van der Waals surface area contributed by atoms with Crippen LogP contribution in [0.5, 0.6) is 23.0 Å². The molecule has 4 aromatic carbocycles. The Kier molecular flexibility index (Phi) is 15.6. The highest BCUT2D eigenvalue weighted by Crippen LogP contribution is 2.43. The van der Waals surface area contributed by atoms with E-state index in [1.807, 2.05) is 60.7 Å². The number of furan rings is 1. The van der Waals surface area contributed by atoms with E-state index in [9.17, 15) is 9.59 Å². The number of methoxy groups -OCH3 is 2. The lowest BCUT2D eigenvalue weighted by Crippen LogP contribution is -2.15. The Bertz CT molecular complexity index is 1810. The van der Waals surface area contributed by atoms with Gasteiger partial charge in [-0.15, -0.1) is 0 Å². The number of carbonyl (C=O) groups is 2. The van der Waals surface area contributed by atoms with Crippen LogP contribution in [-0.2, 0) is 22.7 Å². The van der Waals surface area contributed by atoms with Gasteiger partial charge in [0.1, 0.15) is 35.9 Å². The lowest BCUT2D eigenvalue weighted by molar-refractivity contribution is 0.0453. The van der Waals surface area contributed by atoms with Crippen LogP contribution in [0.2, 0.25) is 0 Å². The highest BCUT2D eigenvalue weighted by atomic mass is 16.5. The molecule has 5 aromatic rings. The van der Waals surface area contributed by atoms with Crippen molar-refractivity contribution in [1.82, 2.24) is 0 Å². The number of unbranched alkanes of at least 4 members (excludes halogenated alkanes) is 6. The molecule has 0 saturated carbocycles. The molecule has 0 radical (unpaired) electrons. The van der Waals surface area contributed by atoms with Crippen molar-refractivity contribution in [2.45, 2.75) is 78.4 Å². The summed E-state index contributed by atoms with van der Waals surface area (Å²) in [5, 5.41) is 0. The first-order valence-corrected chi connectivity index (χ1v) is 19.2. The maximum Gasteiger partial charge on any atom is 0.343 e. The smallest absolute Gasteiger partial charge is 0.343 e. The molecule has 0 unspecified atom stereocenters. The van der Waals surface area contributed by atoms with Crippen molar-refractivity contribution in [2.75, 3.05) is 27.4 Å². The standard InChI is InChI=1S/C46H52O9/c1-5-7-9-17-27-51-45(47)41-42(46(48)52-28-18-10-8-6-2)44(36-24-26-38(40(30-36)50-4)54-32-34-21-15-12-16-22-34)55-43(41)35-23-25-37(39(29-35)49-3)53-31-33-19-13-11-14-20-33/h11-16,19-26,29-30H,5-10,17-18,27-28,31-32H2,1-4H3. The Morgan fingerprint density at radius 2 is 0.927 bits per heavy atom. The summed E-state index contributed by atoms with van der Waals surface area (Å²) in [5.41, 5.74) is 2.93. The number of rotatable bonds is 22. The van der Waals surface area contributed by atoms with Gasteiger partial charge >= 0.3 is 11.9 Å². The summed E-state index contributed by atoms with van der Waals surface area (Å²) >= 11 is 0. The highest BCUT2D eigenvalue weighted by molar-refractivity contribution is 6.11. The molecular formula is C46H52O9. The monoisotopic (exact) mass is 748 g/mol. The summed E-state index contributed by atoms with van der Waals surface area (Å²) < 4.78 is 42.0. The molecule has 0 aliphatic heterocycles. The first-order chi connectivity index (χ1) is 27.0. The van der Waals surface area contributed by atoms with Crippen LogP contribution in [0, 0.1) is 0 Å². The van der Waals surface area contributed by atoms with Gasteiger partial charge in [-0.3, -0.25) is 0 Å². The first kappa shape index (κ1) is 40.5. The van der Waals surface area contributed by atoms with Crippen molar-refractivity contribution in [3.63, 3.8) is 0 Å². The molecule has 9 nitrogen and oxygen atoms in total. The lowest BCUT2D eigenvalue weighted by atomic mass is 10.0. The van der Waals surface area contributed by atoms with Crippen molar-refractivity contribution in [3.8, 4) is 45.6 Å². The second-order valence-corrected chi connectivity index (χ2v) is 13.2. The maximum atomic E-state index is 14.1. The van der Waals surface area contributed by atoms with Crippen LogP contribution in [-0.4, -0.2) is 39.4 Å². The normalized spacial score (nSPS) is 10.8. The SMILES string of the molecule is CCCCCCOC(=O)c1c(-c2ccc(OCc3ccccc3)c(OC)c2)oc(-c2ccc(OCc3ccccc3)c(OC)c2)c1C(=O)OCCCCCC. The zero-order valence-corrected chi connectivity index (χ0v) is 32.4. The molecule has 290 valence electrons. The zero-order chi connectivity index (χ0) is 38.8. The molecule has 0 N–H and O–H groups in total. The molecule has 0 aliphatic rings. The number of carbonyl (C=O) groups excluding carboxylic acids is 2. The van der Waals surface area contributed by atoms with E-state index in [0.29, 0.717) is 60.2 Å². The Morgan fingerprint density at radius 3 is 1.31 bits per heavy atom. The van der Waals surface area contributed by atoms with Crippen molar-refractivity contribution in [1.29, 1.82) is 0 Å². The van der Waals surface area contributed by atoms with Gasteiger partial charge in [-0.05, 0) is 60.4 Å². The predicted molar refractivity (Wildman–Crippen MR) is 213 cm³/mol. The van der Waals surface area contributed by atoms with E-state index in [-0.39, 0.29) is 35.9 Å². The summed E-state index contributed by atoms with van der Waals surface area (Å²) in [6.45, 7) is 5.29. The van der Waals surface area contributed by atoms with Crippen LogP contribution in [0.1, 0.15) is 97.1 Å². The van der Waals surface area contributed by atoms with E-state index < -0.39 is 11.9 Å². The fourth-order valence-corrected chi connectivity index (χ4v) is 6.09. The maximum absolute atomic E-state index is 14.1. The lowest BCUT2D eigenvalue weighted by Gasteiger charge is -2.13. The topological polar surface area (TPSA) is 103 Å². The highest BCUT2D eigenvalue weighted by Gasteiger charge is 2.34. The molecule has 9 heteroatoms. The fourth-order valence-electron chi connectivity index (χ4n) is 6.09. The Labute approximate surface area is 324 Å². The van der Waals surface area contributed by atoms with Crippen LogP contribution in [0.3, 0.4) is 0 Å². The van der Waals surface area contributed by atoms with Crippen molar-refractivity contribution >= 4 is 11.9 Å². The van der Waals surface area contributed by atoms with Gasteiger partial charge in [0.25, 0.3) is 0 Å². The van der Waals surface area contributed by atoms with Crippen molar-refractivity contribution in [3.05, 3.63) is 119 Å². The number of benzene rings is 4. The average molecular weight is 749 g/mol. The van der Waals surface area contributed by atoms with Crippen LogP contribution in [0.25, 0.3) is 22.6 Å². The molecule has 0 saturated heterocycles. The molecule has 1 heterocycles. The third-order valence-corrected chi connectivity index (χ3v) is 9.10. The molecule has 1 aromatic heterocycles. The summed E-state index contributed by atoms with van der Waals surface area (Å²) in [5.74, 6) is 0.772. The Hall–Kier alpha value is -5.70. The molecular weight excluding hydrogens is 696 g/mol. The van der Waals surface area contributed by atoms with E-state index >= 15 is 0 Å². The van der Waals surface area contributed by atoms with Gasteiger partial charge in [-0.2, -0.15) is 0 Å². The third kappa shape index (κ3) is 11.2. The molecule has 55 heavy (non-hydrogen) atoms. The van der Waals surface area contributed by atoms with Crippen LogP contribution in [0.4, 0.5) is 0 Å². The number of ether oxygens (including phenoxy) is 6. The Balaban J connectivity index is 1.58. The van der Waals surface area contributed by atoms with E-state index in [0.717, 1.165) is 49.7 Å². The average Bonchev–Trinajstić information content (AvgIpc) is 3.63. The molecule has 0 amide bonds. The molecule has 5 rings (SSSR count). The summed E-state index contributed by atoms with van der Waals surface area (Å²) in [6.07, 6.45) is 7.37. The van der Waals surface area contributed by atoms with Crippen LogP contribution in [0.15, 0.2) is 101 Å². The molecule has 0 atom stereocenters. The number of hydrogen-bond acceptors (Lipinski definition) is 9. The summed E-state index contributed by atoms with van der Waals surface area (Å²) in [6, 6.07) is 30.1. The van der Waals surface area contributed by atoms with Gasteiger partial charge < -0.3 is 32.8 Å². The van der Waals surface area contributed by atoms with Crippen LogP contribution < -0.4 is 18.9 Å². The van der Waals surface area contributed by atoms with Gasteiger partial charge in [0.05, 0.1) is 27.4 Å². The third-order valence-electron chi connectivity index (χ3n) is 9.10. The molecule has 0 spiro atoms. The van der Waals surface area contributed by atoms with Crippen molar-refractivity contribution in [2.24, 2.45) is 0 Å². The second-order valence-electron chi connectivity index (χ2n) is 13.2. The first-order valence-electron chi connectivity index (χ1n) is 19.2. The minimum Gasteiger partial charge on any atom is -0.493 e. The van der Waals surface area contributed by atoms with Crippen LogP contribution >= 0.6 is 0 Å². The minimum atomic E-state index is -0.683. The van der Waals surface area contributed by atoms with E-state index in [4.69, 9.17) is 32.8 Å². The van der Waals surface area contributed by atoms with Gasteiger partial charge in [0, 0.05) is 11.1 Å². The number of esters is 2.